The molecule has 8 nitrogen and oxygen atoms in total. The van der Waals surface area contributed by atoms with Gasteiger partial charge in [-0.25, -0.2) is 9.98 Å². The molecule has 0 saturated heterocycles. The van der Waals surface area contributed by atoms with Crippen molar-refractivity contribution in [2.45, 2.75) is 19.9 Å². The second-order valence-corrected chi connectivity index (χ2v) is 6.88. The number of methoxy groups -OCH3 is 2. The number of hydrogen-bond donors (Lipinski definition) is 2. The van der Waals surface area contributed by atoms with E-state index in [4.69, 9.17) is 18.6 Å². The Labute approximate surface area is 211 Å². The van der Waals surface area contributed by atoms with Crippen LogP contribution < -0.4 is 24.8 Å². The van der Waals surface area contributed by atoms with E-state index in [-0.39, 0.29) is 24.0 Å². The highest BCUT2D eigenvalue weighted by molar-refractivity contribution is 14.0. The minimum absolute atomic E-state index is 0. The third-order valence-electron chi connectivity index (χ3n) is 4.52. The Kier molecular flexibility index (Phi) is 11.4. The molecule has 3 rings (SSSR count). The second-order valence-electron chi connectivity index (χ2n) is 6.88. The van der Waals surface area contributed by atoms with Crippen LogP contribution in [-0.4, -0.2) is 44.9 Å². The summed E-state index contributed by atoms with van der Waals surface area (Å²) in [7, 11) is 3.23. The maximum atomic E-state index is 5.82. The largest absolute Gasteiger partial charge is 0.496 e. The number of nitrogens with zero attached hydrogens (tertiary/aromatic N) is 2. The average Bonchev–Trinajstić information content (AvgIpc) is 3.31. The van der Waals surface area contributed by atoms with Crippen LogP contribution in [0.25, 0.3) is 11.5 Å². The van der Waals surface area contributed by atoms with E-state index in [1.165, 1.54) is 0 Å². The molecule has 0 aliphatic rings. The van der Waals surface area contributed by atoms with Gasteiger partial charge >= 0.3 is 0 Å². The first-order chi connectivity index (χ1) is 15.7. The maximum absolute atomic E-state index is 5.82. The Hall–Kier alpha value is -2.95. The Morgan fingerprint density at radius 3 is 2.36 bits per heavy atom. The highest BCUT2D eigenvalue weighted by Gasteiger charge is 2.07. The van der Waals surface area contributed by atoms with Crippen LogP contribution in [0.3, 0.4) is 0 Å². The molecule has 0 spiro atoms. The normalized spacial score (nSPS) is 10.8. The zero-order valence-corrected chi connectivity index (χ0v) is 21.5. The van der Waals surface area contributed by atoms with Crippen molar-refractivity contribution >= 4 is 29.9 Å². The van der Waals surface area contributed by atoms with Gasteiger partial charge < -0.3 is 29.3 Å². The van der Waals surface area contributed by atoms with Crippen LogP contribution in [0.4, 0.5) is 0 Å². The molecule has 0 amide bonds. The molecule has 1 aromatic heterocycles. The third kappa shape index (κ3) is 8.49. The highest BCUT2D eigenvalue weighted by Crippen LogP contribution is 2.27. The molecule has 0 fully saturated rings. The monoisotopic (exact) mass is 566 g/mol. The molecule has 0 aliphatic carbocycles. The molecule has 0 aliphatic heterocycles. The molecule has 0 saturated carbocycles. The number of benzene rings is 2. The second kappa shape index (κ2) is 14.2. The lowest BCUT2D eigenvalue weighted by Gasteiger charge is -2.12. The summed E-state index contributed by atoms with van der Waals surface area (Å²) in [6.07, 6.45) is 2.44. The quantitative estimate of drug-likeness (QED) is 0.153. The van der Waals surface area contributed by atoms with Gasteiger partial charge in [-0.15, -0.1) is 24.0 Å². The molecular weight excluding hydrogens is 535 g/mol. The van der Waals surface area contributed by atoms with E-state index < -0.39 is 0 Å². The van der Waals surface area contributed by atoms with Crippen molar-refractivity contribution in [3.63, 3.8) is 0 Å². The van der Waals surface area contributed by atoms with E-state index in [9.17, 15) is 0 Å². The van der Waals surface area contributed by atoms with Crippen molar-refractivity contribution in [1.82, 2.24) is 15.6 Å². The fourth-order valence-electron chi connectivity index (χ4n) is 2.93. The summed E-state index contributed by atoms with van der Waals surface area (Å²) < 4.78 is 21.9. The molecule has 0 unspecified atom stereocenters. The Bertz CT molecular complexity index is 973. The Balaban J connectivity index is 0.00000385. The summed E-state index contributed by atoms with van der Waals surface area (Å²) in [4.78, 5) is 9.10. The molecular formula is C24H31IN4O4. The number of hydrogen-bond acceptors (Lipinski definition) is 6. The number of guanidine groups is 1. The molecule has 1 heterocycles. The highest BCUT2D eigenvalue weighted by atomic mass is 127. The summed E-state index contributed by atoms with van der Waals surface area (Å²) in [5, 5.41) is 6.55. The summed E-state index contributed by atoms with van der Waals surface area (Å²) in [6.45, 7) is 4.47. The van der Waals surface area contributed by atoms with Crippen molar-refractivity contribution < 1.29 is 18.6 Å². The van der Waals surface area contributed by atoms with Crippen LogP contribution in [0, 0.1) is 0 Å². The van der Waals surface area contributed by atoms with Crippen LogP contribution in [-0.2, 0) is 6.54 Å². The molecule has 33 heavy (non-hydrogen) atoms. The standard InChI is InChI=1S/C24H30N4O4.HI/c1-4-25-24(27-16-19-17-32-23(28-19)18-9-6-5-7-10-18)26-11-8-12-31-22-14-20(29-2)13-21(15-22)30-3;/h5-7,9-10,13-15,17H,4,8,11-12,16H2,1-3H3,(H2,25,26,27);1H. The third-order valence-corrected chi connectivity index (χ3v) is 4.52. The molecule has 3 aromatic rings. The number of nitrogens with one attached hydrogen (secondary N) is 2. The van der Waals surface area contributed by atoms with Crippen molar-refractivity contribution in [1.29, 1.82) is 0 Å². The first kappa shape index (κ1) is 26.3. The van der Waals surface area contributed by atoms with Gasteiger partial charge in [0.2, 0.25) is 5.89 Å². The Morgan fingerprint density at radius 2 is 1.70 bits per heavy atom. The Morgan fingerprint density at radius 1 is 1.00 bits per heavy atom. The molecule has 0 radical (unpaired) electrons. The molecule has 9 heteroatoms. The summed E-state index contributed by atoms with van der Waals surface area (Å²) in [5.41, 5.74) is 1.72. The molecule has 2 N–H and O–H groups in total. The lowest BCUT2D eigenvalue weighted by Crippen LogP contribution is -2.38. The van der Waals surface area contributed by atoms with Gasteiger partial charge in [0.25, 0.3) is 0 Å². The van der Waals surface area contributed by atoms with Crippen LogP contribution in [0.15, 0.2) is 64.2 Å². The lowest BCUT2D eigenvalue weighted by atomic mass is 10.2. The summed E-state index contributed by atoms with van der Waals surface area (Å²) >= 11 is 0. The minimum Gasteiger partial charge on any atom is -0.496 e. The first-order valence-corrected chi connectivity index (χ1v) is 10.6. The van der Waals surface area contributed by atoms with Crippen LogP contribution in [0.5, 0.6) is 17.2 Å². The molecule has 178 valence electrons. The van der Waals surface area contributed by atoms with Gasteiger partial charge in [0.15, 0.2) is 5.96 Å². The number of aliphatic imine (C=N–C) groups is 1. The van der Waals surface area contributed by atoms with Crippen molar-refractivity contribution in [2.24, 2.45) is 4.99 Å². The van der Waals surface area contributed by atoms with Crippen LogP contribution >= 0.6 is 24.0 Å². The zero-order valence-electron chi connectivity index (χ0n) is 19.2. The fourth-order valence-corrected chi connectivity index (χ4v) is 2.93. The van der Waals surface area contributed by atoms with Crippen LogP contribution in [0.2, 0.25) is 0 Å². The van der Waals surface area contributed by atoms with Gasteiger partial charge in [0, 0.05) is 36.9 Å². The van der Waals surface area contributed by atoms with Gasteiger partial charge in [-0.2, -0.15) is 0 Å². The number of ether oxygens (including phenoxy) is 3. The first-order valence-electron chi connectivity index (χ1n) is 10.6. The maximum Gasteiger partial charge on any atom is 0.226 e. The SMILES string of the molecule is CCNC(=NCc1coc(-c2ccccc2)n1)NCCCOc1cc(OC)cc(OC)c1.I. The van der Waals surface area contributed by atoms with E-state index in [1.54, 1.807) is 20.5 Å². The average molecular weight is 566 g/mol. The van der Waals surface area contributed by atoms with Gasteiger partial charge in [-0.1, -0.05) is 18.2 Å². The van der Waals surface area contributed by atoms with Gasteiger partial charge in [-0.05, 0) is 25.5 Å². The fraction of sp³-hybridized carbons (Fsp3) is 0.333. The number of oxazole rings is 1. The number of halogens is 1. The van der Waals surface area contributed by atoms with Gasteiger partial charge in [-0.3, -0.25) is 0 Å². The predicted octanol–water partition coefficient (Wildman–Crippen LogP) is 4.50. The minimum atomic E-state index is 0. The molecule has 0 atom stereocenters. The number of rotatable bonds is 11. The van der Waals surface area contributed by atoms with E-state index in [0.717, 1.165) is 30.2 Å². The van der Waals surface area contributed by atoms with Crippen molar-refractivity contribution in [3.05, 3.63) is 60.5 Å². The number of aromatic nitrogens is 1. The van der Waals surface area contributed by atoms with E-state index >= 15 is 0 Å². The summed E-state index contributed by atoms with van der Waals surface area (Å²) in [6, 6.07) is 15.3. The zero-order chi connectivity index (χ0) is 22.6. The van der Waals surface area contributed by atoms with Gasteiger partial charge in [0.1, 0.15) is 29.2 Å². The van der Waals surface area contributed by atoms with E-state index in [1.807, 2.05) is 55.5 Å². The van der Waals surface area contributed by atoms with E-state index in [2.05, 4.69) is 20.6 Å². The smallest absolute Gasteiger partial charge is 0.226 e. The van der Waals surface area contributed by atoms with Gasteiger partial charge in [0.05, 0.1) is 27.4 Å². The van der Waals surface area contributed by atoms with E-state index in [0.29, 0.717) is 42.8 Å². The lowest BCUT2D eigenvalue weighted by molar-refractivity contribution is 0.305. The predicted molar refractivity (Wildman–Crippen MR) is 140 cm³/mol. The summed E-state index contributed by atoms with van der Waals surface area (Å²) in [5.74, 6) is 3.42. The van der Waals surface area contributed by atoms with Crippen LogP contribution in [0.1, 0.15) is 19.0 Å². The molecule has 2 aromatic carbocycles. The molecule has 0 bridgehead atoms. The van der Waals surface area contributed by atoms with Crippen molar-refractivity contribution in [3.8, 4) is 28.7 Å². The topological polar surface area (TPSA) is 90.1 Å². The van der Waals surface area contributed by atoms with Crippen molar-refractivity contribution in [2.75, 3.05) is 33.9 Å².